The van der Waals surface area contributed by atoms with Gasteiger partial charge >= 0.3 is 0 Å². The monoisotopic (exact) mass is 435 g/mol. The molecule has 3 rings (SSSR count). The Bertz CT molecular complexity index is 980. The second-order valence-corrected chi connectivity index (χ2v) is 9.78. The van der Waals surface area contributed by atoms with E-state index >= 15 is 0 Å². The maximum Gasteiger partial charge on any atom is 0.233 e. The molecule has 0 saturated heterocycles. The number of methoxy groups -OCH3 is 1. The molecule has 1 aromatic heterocycles. The lowest BCUT2D eigenvalue weighted by Gasteiger charge is -2.21. The number of aliphatic hydroxyl groups is 1. The van der Waals surface area contributed by atoms with Crippen LogP contribution in [0.5, 0.6) is 5.75 Å². The zero-order chi connectivity index (χ0) is 21.7. The summed E-state index contributed by atoms with van der Waals surface area (Å²) in [4.78, 5) is 13.3. The summed E-state index contributed by atoms with van der Waals surface area (Å²) in [6.45, 7) is 0.317. The van der Waals surface area contributed by atoms with Crippen molar-refractivity contribution in [3.63, 3.8) is 0 Å². The number of nitrogens with zero attached hydrogens (tertiary/aromatic N) is 2. The van der Waals surface area contributed by atoms with Crippen LogP contribution in [0.2, 0.25) is 0 Å². The van der Waals surface area contributed by atoms with E-state index in [1.54, 1.807) is 29.1 Å². The van der Waals surface area contributed by atoms with Gasteiger partial charge in [0.05, 0.1) is 26.2 Å². The SMILES string of the molecule is COc1cc([C@@H](CC2CCCC2)C(=O)Nc2ccn(CCO)n2)ccc1S(C)(=O)=O. The van der Waals surface area contributed by atoms with Crippen LogP contribution in [0.25, 0.3) is 0 Å². The quantitative estimate of drug-likeness (QED) is 0.626. The summed E-state index contributed by atoms with van der Waals surface area (Å²) in [5.41, 5.74) is 0.721. The fourth-order valence-corrected chi connectivity index (χ4v) is 4.87. The first kappa shape index (κ1) is 22.3. The zero-order valence-corrected chi connectivity index (χ0v) is 18.2. The van der Waals surface area contributed by atoms with Gasteiger partial charge in [-0.15, -0.1) is 0 Å². The van der Waals surface area contributed by atoms with Gasteiger partial charge in [0, 0.05) is 18.5 Å². The van der Waals surface area contributed by atoms with E-state index in [2.05, 4.69) is 10.4 Å². The third kappa shape index (κ3) is 5.40. The number of ether oxygens (including phenoxy) is 1. The molecule has 164 valence electrons. The van der Waals surface area contributed by atoms with Gasteiger partial charge in [0.25, 0.3) is 0 Å². The molecule has 1 heterocycles. The van der Waals surface area contributed by atoms with Crippen LogP contribution in [0, 0.1) is 5.92 Å². The molecule has 0 unspecified atom stereocenters. The minimum Gasteiger partial charge on any atom is -0.495 e. The van der Waals surface area contributed by atoms with Crippen LogP contribution in [0.1, 0.15) is 43.6 Å². The van der Waals surface area contributed by atoms with Crippen LogP contribution in [0.15, 0.2) is 35.4 Å². The van der Waals surface area contributed by atoms with E-state index in [0.717, 1.165) is 24.7 Å². The van der Waals surface area contributed by atoms with E-state index in [9.17, 15) is 13.2 Å². The third-order valence-electron chi connectivity index (χ3n) is 5.57. The normalized spacial score (nSPS) is 15.8. The maximum atomic E-state index is 13.2. The van der Waals surface area contributed by atoms with Gasteiger partial charge in [-0.05, 0) is 30.0 Å². The maximum absolute atomic E-state index is 13.2. The first-order valence-electron chi connectivity index (χ1n) is 10.1. The van der Waals surface area contributed by atoms with Gasteiger partial charge < -0.3 is 15.2 Å². The van der Waals surface area contributed by atoms with Crippen LogP contribution < -0.4 is 10.1 Å². The molecule has 2 N–H and O–H groups in total. The van der Waals surface area contributed by atoms with Gasteiger partial charge in [0.15, 0.2) is 15.7 Å². The van der Waals surface area contributed by atoms with Crippen molar-refractivity contribution in [3.05, 3.63) is 36.0 Å². The number of nitrogens with one attached hydrogen (secondary N) is 1. The molecule has 1 aliphatic rings. The summed E-state index contributed by atoms with van der Waals surface area (Å²) in [7, 11) is -2.02. The molecule has 1 amide bonds. The molecule has 0 aliphatic heterocycles. The largest absolute Gasteiger partial charge is 0.495 e. The van der Waals surface area contributed by atoms with E-state index in [0.29, 0.717) is 24.7 Å². The van der Waals surface area contributed by atoms with Crippen LogP contribution in [-0.2, 0) is 21.2 Å². The van der Waals surface area contributed by atoms with Crippen molar-refractivity contribution < 1.29 is 23.1 Å². The zero-order valence-electron chi connectivity index (χ0n) is 17.4. The summed E-state index contributed by atoms with van der Waals surface area (Å²) in [6.07, 6.45) is 8.03. The number of aromatic nitrogens is 2. The molecule has 1 fully saturated rings. The molecule has 0 spiro atoms. The smallest absolute Gasteiger partial charge is 0.233 e. The number of hydrogen-bond acceptors (Lipinski definition) is 6. The average molecular weight is 436 g/mol. The number of sulfone groups is 1. The Morgan fingerprint density at radius 1 is 1.33 bits per heavy atom. The molecular weight excluding hydrogens is 406 g/mol. The second kappa shape index (κ2) is 9.61. The van der Waals surface area contributed by atoms with E-state index in [1.165, 1.54) is 26.0 Å². The fraction of sp³-hybridized carbons (Fsp3) is 0.524. The number of carbonyl (C=O) groups excluding carboxylic acids is 1. The number of hydrogen-bond donors (Lipinski definition) is 2. The lowest BCUT2D eigenvalue weighted by Crippen LogP contribution is -2.23. The predicted molar refractivity (Wildman–Crippen MR) is 113 cm³/mol. The van der Waals surface area contributed by atoms with Crippen molar-refractivity contribution in [2.45, 2.75) is 49.5 Å². The Hall–Kier alpha value is -2.39. The number of rotatable bonds is 9. The Morgan fingerprint density at radius 2 is 2.07 bits per heavy atom. The van der Waals surface area contributed by atoms with E-state index in [-0.39, 0.29) is 23.2 Å². The van der Waals surface area contributed by atoms with Crippen molar-refractivity contribution >= 4 is 21.6 Å². The summed E-state index contributed by atoms with van der Waals surface area (Å²) < 4.78 is 30.9. The predicted octanol–water partition coefficient (Wildman–Crippen LogP) is 2.59. The van der Waals surface area contributed by atoms with E-state index in [1.807, 2.05) is 0 Å². The van der Waals surface area contributed by atoms with Gasteiger partial charge in [-0.3, -0.25) is 9.48 Å². The van der Waals surface area contributed by atoms with Crippen molar-refractivity contribution in [2.24, 2.45) is 5.92 Å². The highest BCUT2D eigenvalue weighted by atomic mass is 32.2. The summed E-state index contributed by atoms with van der Waals surface area (Å²) >= 11 is 0. The van der Waals surface area contributed by atoms with Gasteiger partial charge in [0.1, 0.15) is 10.6 Å². The van der Waals surface area contributed by atoms with Crippen molar-refractivity contribution in [1.82, 2.24) is 9.78 Å². The van der Waals surface area contributed by atoms with Crippen molar-refractivity contribution in [2.75, 3.05) is 25.3 Å². The summed E-state index contributed by atoms with van der Waals surface area (Å²) in [5, 5.41) is 16.1. The van der Waals surface area contributed by atoms with Crippen LogP contribution in [-0.4, -0.2) is 49.2 Å². The fourth-order valence-electron chi connectivity index (χ4n) is 4.05. The van der Waals surface area contributed by atoms with Crippen molar-refractivity contribution in [3.8, 4) is 5.75 Å². The van der Waals surface area contributed by atoms with Crippen LogP contribution in [0.3, 0.4) is 0 Å². The standard InChI is InChI=1S/C21H29N3O5S/c1-29-18-14-16(7-8-19(18)30(2,27)28)17(13-15-5-3-4-6-15)21(26)22-20-9-10-24(23-20)11-12-25/h7-10,14-15,17,25H,3-6,11-13H2,1-2H3,(H,22,23,26)/t17-/m1/s1. The molecule has 1 saturated carbocycles. The third-order valence-corrected chi connectivity index (χ3v) is 6.71. The number of amides is 1. The second-order valence-electron chi connectivity index (χ2n) is 7.80. The van der Waals surface area contributed by atoms with Gasteiger partial charge in [-0.2, -0.15) is 5.10 Å². The lowest BCUT2D eigenvalue weighted by atomic mass is 9.87. The Balaban J connectivity index is 1.88. The molecular formula is C21H29N3O5S. The molecule has 1 aliphatic carbocycles. The Labute approximate surface area is 177 Å². The Kier molecular flexibility index (Phi) is 7.14. The van der Waals surface area contributed by atoms with E-state index < -0.39 is 15.8 Å². The first-order chi connectivity index (χ1) is 14.3. The van der Waals surface area contributed by atoms with Gasteiger partial charge in [-0.1, -0.05) is 31.7 Å². The number of aliphatic hydroxyl groups excluding tert-OH is 1. The molecule has 0 radical (unpaired) electrons. The molecule has 8 nitrogen and oxygen atoms in total. The minimum absolute atomic E-state index is 0.0359. The highest BCUT2D eigenvalue weighted by Gasteiger charge is 2.28. The molecule has 0 bridgehead atoms. The van der Waals surface area contributed by atoms with Crippen molar-refractivity contribution in [1.29, 1.82) is 0 Å². The number of benzene rings is 1. The summed E-state index contributed by atoms with van der Waals surface area (Å²) in [5.74, 6) is 0.480. The highest BCUT2D eigenvalue weighted by Crippen LogP contribution is 2.37. The number of carbonyl (C=O) groups is 1. The summed E-state index contributed by atoms with van der Waals surface area (Å²) in [6, 6.07) is 6.55. The lowest BCUT2D eigenvalue weighted by molar-refractivity contribution is -0.118. The minimum atomic E-state index is -3.44. The van der Waals surface area contributed by atoms with E-state index in [4.69, 9.17) is 9.84 Å². The van der Waals surface area contributed by atoms with Gasteiger partial charge in [0.2, 0.25) is 5.91 Å². The van der Waals surface area contributed by atoms with Crippen LogP contribution >= 0.6 is 0 Å². The average Bonchev–Trinajstić information content (AvgIpc) is 3.37. The topological polar surface area (TPSA) is 111 Å². The molecule has 1 aromatic carbocycles. The van der Waals surface area contributed by atoms with Crippen LogP contribution in [0.4, 0.5) is 5.82 Å². The first-order valence-corrected chi connectivity index (χ1v) is 12.0. The molecule has 1 atom stereocenters. The molecule has 2 aromatic rings. The Morgan fingerprint density at radius 3 is 2.70 bits per heavy atom. The number of anilines is 1. The highest BCUT2D eigenvalue weighted by molar-refractivity contribution is 7.90. The van der Waals surface area contributed by atoms with Gasteiger partial charge in [-0.25, -0.2) is 8.42 Å². The molecule has 30 heavy (non-hydrogen) atoms. The molecule has 9 heteroatoms.